The van der Waals surface area contributed by atoms with Gasteiger partial charge in [0.1, 0.15) is 11.5 Å². The molecule has 0 saturated heterocycles. The molecular weight excluding hydrogens is 426 g/mol. The molecule has 1 N–H and O–H groups in total. The lowest BCUT2D eigenvalue weighted by atomic mass is 10.0. The first-order valence-corrected chi connectivity index (χ1v) is 9.15. The number of anilines is 1. The highest BCUT2D eigenvalue weighted by atomic mass is 79.9. The van der Waals surface area contributed by atoms with E-state index in [1.165, 1.54) is 24.2 Å². The van der Waals surface area contributed by atoms with Gasteiger partial charge in [-0.25, -0.2) is 4.79 Å². The highest BCUT2D eigenvalue weighted by Crippen LogP contribution is 2.37. The number of rotatable bonds is 4. The number of carbonyl (C=O) groups excluding carboxylic acids is 2. The third-order valence-electron chi connectivity index (χ3n) is 4.41. The fraction of sp³-hybridized carbons (Fsp3) is 0.143. The Kier molecular flexibility index (Phi) is 5.56. The fourth-order valence-corrected chi connectivity index (χ4v) is 3.40. The number of amides is 1. The highest BCUT2D eigenvalue weighted by molar-refractivity contribution is 9.10. The molecule has 1 amide bonds. The number of esters is 1. The number of hydrogen-bond acceptors (Lipinski definition) is 5. The van der Waals surface area contributed by atoms with Crippen LogP contribution in [0.5, 0.6) is 11.5 Å². The Hall–Kier alpha value is -3.06. The molecule has 28 heavy (non-hydrogen) atoms. The molecule has 0 saturated carbocycles. The lowest BCUT2D eigenvalue weighted by molar-refractivity contribution is -0.136. The van der Waals surface area contributed by atoms with Gasteiger partial charge in [0.25, 0.3) is 5.91 Å². The van der Waals surface area contributed by atoms with Crippen molar-refractivity contribution < 1.29 is 24.2 Å². The molecule has 7 heteroatoms. The highest BCUT2D eigenvalue weighted by Gasteiger charge is 2.38. The van der Waals surface area contributed by atoms with Crippen LogP contribution in [0.2, 0.25) is 0 Å². The van der Waals surface area contributed by atoms with E-state index in [1.54, 1.807) is 50.4 Å². The molecule has 0 unspecified atom stereocenters. The fourth-order valence-electron chi connectivity index (χ4n) is 3.02. The first-order valence-electron chi connectivity index (χ1n) is 8.35. The molecule has 0 radical (unpaired) electrons. The predicted octanol–water partition coefficient (Wildman–Crippen LogP) is 4.04. The summed E-state index contributed by atoms with van der Waals surface area (Å²) in [7, 11) is 2.82. The lowest BCUT2D eigenvalue weighted by Gasteiger charge is -2.18. The van der Waals surface area contributed by atoms with Gasteiger partial charge in [-0.3, -0.25) is 9.69 Å². The number of ether oxygens (including phenoxy) is 2. The molecule has 2 aromatic carbocycles. The van der Waals surface area contributed by atoms with Crippen LogP contribution in [-0.2, 0) is 14.3 Å². The van der Waals surface area contributed by atoms with Crippen LogP contribution in [-0.4, -0.2) is 31.2 Å². The molecule has 144 valence electrons. The standard InChI is InChI=1S/C21H18BrNO5/c1-12-19(21(26)28-3)17(11-13-10-14(22)4-9-18(13)24)20(25)23(12)15-5-7-16(27-2)8-6-15/h4-11,24H,1-3H3/b17-11-. The Bertz CT molecular complexity index is 1010. The maximum absolute atomic E-state index is 13.2. The van der Waals surface area contributed by atoms with Crippen molar-refractivity contribution in [2.24, 2.45) is 0 Å². The van der Waals surface area contributed by atoms with Crippen molar-refractivity contribution in [1.82, 2.24) is 0 Å². The molecule has 2 aromatic rings. The van der Waals surface area contributed by atoms with Gasteiger partial charge in [-0.15, -0.1) is 0 Å². The summed E-state index contributed by atoms with van der Waals surface area (Å²) < 4.78 is 10.8. The van der Waals surface area contributed by atoms with Crippen LogP contribution < -0.4 is 9.64 Å². The van der Waals surface area contributed by atoms with Crippen molar-refractivity contribution in [1.29, 1.82) is 0 Å². The maximum atomic E-state index is 13.2. The first kappa shape index (κ1) is 19.7. The molecular formula is C21H18BrNO5. The van der Waals surface area contributed by atoms with E-state index >= 15 is 0 Å². The minimum Gasteiger partial charge on any atom is -0.507 e. The Morgan fingerprint density at radius 2 is 1.82 bits per heavy atom. The zero-order chi connectivity index (χ0) is 20.4. The molecule has 0 aromatic heterocycles. The largest absolute Gasteiger partial charge is 0.507 e. The van der Waals surface area contributed by atoms with Crippen LogP contribution >= 0.6 is 15.9 Å². The van der Waals surface area contributed by atoms with Crippen molar-refractivity contribution in [2.45, 2.75) is 6.92 Å². The number of phenolic OH excluding ortho intramolecular Hbond substituents is 1. The summed E-state index contributed by atoms with van der Waals surface area (Å²) in [6.45, 7) is 1.68. The van der Waals surface area contributed by atoms with Crippen molar-refractivity contribution >= 4 is 39.6 Å². The van der Waals surface area contributed by atoms with Gasteiger partial charge in [0, 0.05) is 21.4 Å². The average Bonchev–Trinajstić information content (AvgIpc) is 2.94. The summed E-state index contributed by atoms with van der Waals surface area (Å²) in [4.78, 5) is 27.0. The van der Waals surface area contributed by atoms with E-state index in [0.29, 0.717) is 22.7 Å². The molecule has 1 aliphatic rings. The number of carbonyl (C=O) groups is 2. The normalized spacial score (nSPS) is 15.4. The first-order chi connectivity index (χ1) is 13.4. The van der Waals surface area contributed by atoms with Crippen LogP contribution in [0, 0.1) is 0 Å². The molecule has 3 rings (SSSR count). The number of methoxy groups -OCH3 is 2. The summed E-state index contributed by atoms with van der Waals surface area (Å²) in [5, 5.41) is 10.1. The number of allylic oxidation sites excluding steroid dienone is 1. The molecule has 1 aliphatic heterocycles. The monoisotopic (exact) mass is 443 g/mol. The third-order valence-corrected chi connectivity index (χ3v) is 4.90. The molecule has 0 bridgehead atoms. The quantitative estimate of drug-likeness (QED) is 0.569. The minimum absolute atomic E-state index is 0.00623. The van der Waals surface area contributed by atoms with Crippen LogP contribution in [0.1, 0.15) is 12.5 Å². The summed E-state index contributed by atoms with van der Waals surface area (Å²) >= 11 is 3.34. The zero-order valence-electron chi connectivity index (χ0n) is 15.5. The van der Waals surface area contributed by atoms with Crippen LogP contribution in [0.15, 0.2) is 63.8 Å². The lowest BCUT2D eigenvalue weighted by Crippen LogP contribution is -2.24. The number of nitrogens with zero attached hydrogens (tertiary/aromatic N) is 1. The second kappa shape index (κ2) is 7.90. The van der Waals surface area contributed by atoms with E-state index in [1.807, 2.05) is 0 Å². The SMILES string of the molecule is COC(=O)C1=C(C)N(c2ccc(OC)cc2)C(=O)/C1=C\c1cc(Br)ccc1O. The summed E-state index contributed by atoms with van der Waals surface area (Å²) in [6.07, 6.45) is 1.49. The number of halogens is 1. The Morgan fingerprint density at radius 1 is 1.14 bits per heavy atom. The van der Waals surface area contributed by atoms with Gasteiger partial charge in [0.2, 0.25) is 0 Å². The van der Waals surface area contributed by atoms with Gasteiger partial charge in [0.05, 0.1) is 25.4 Å². The van der Waals surface area contributed by atoms with Gasteiger partial charge in [-0.2, -0.15) is 0 Å². The molecule has 0 aliphatic carbocycles. The van der Waals surface area contributed by atoms with Crippen LogP contribution in [0.3, 0.4) is 0 Å². The topological polar surface area (TPSA) is 76.1 Å². The summed E-state index contributed by atoms with van der Waals surface area (Å²) in [6, 6.07) is 11.8. The van der Waals surface area contributed by atoms with E-state index in [4.69, 9.17) is 9.47 Å². The van der Waals surface area contributed by atoms with Crippen molar-refractivity contribution in [3.05, 3.63) is 69.3 Å². The second-order valence-electron chi connectivity index (χ2n) is 6.05. The second-order valence-corrected chi connectivity index (χ2v) is 6.97. The van der Waals surface area contributed by atoms with E-state index in [-0.39, 0.29) is 22.8 Å². The van der Waals surface area contributed by atoms with Crippen LogP contribution in [0.4, 0.5) is 5.69 Å². The van der Waals surface area contributed by atoms with E-state index in [9.17, 15) is 14.7 Å². The van der Waals surface area contributed by atoms with E-state index in [0.717, 1.165) is 4.47 Å². The maximum Gasteiger partial charge on any atom is 0.340 e. The Labute approximate surface area is 170 Å². The van der Waals surface area contributed by atoms with E-state index < -0.39 is 5.97 Å². The van der Waals surface area contributed by atoms with Crippen LogP contribution in [0.25, 0.3) is 6.08 Å². The summed E-state index contributed by atoms with van der Waals surface area (Å²) in [5.41, 5.74) is 1.74. The number of hydrogen-bond donors (Lipinski definition) is 1. The minimum atomic E-state index is -0.623. The number of phenols is 1. The van der Waals surface area contributed by atoms with Crippen molar-refractivity contribution in [3.8, 4) is 11.5 Å². The molecule has 0 spiro atoms. The number of aromatic hydroxyl groups is 1. The Morgan fingerprint density at radius 3 is 2.43 bits per heavy atom. The molecule has 0 atom stereocenters. The average molecular weight is 444 g/mol. The third kappa shape index (κ3) is 3.53. The van der Waals surface area contributed by atoms with Crippen molar-refractivity contribution in [2.75, 3.05) is 19.1 Å². The molecule has 1 heterocycles. The number of benzene rings is 2. The Balaban J connectivity index is 2.14. The van der Waals surface area contributed by atoms with Gasteiger partial charge in [-0.1, -0.05) is 15.9 Å². The summed E-state index contributed by atoms with van der Waals surface area (Å²) in [5.74, 6) is -0.363. The smallest absolute Gasteiger partial charge is 0.340 e. The van der Waals surface area contributed by atoms with Gasteiger partial charge in [-0.05, 0) is 55.5 Å². The zero-order valence-corrected chi connectivity index (χ0v) is 17.1. The van der Waals surface area contributed by atoms with E-state index in [2.05, 4.69) is 15.9 Å². The van der Waals surface area contributed by atoms with Gasteiger partial charge >= 0.3 is 5.97 Å². The molecule has 6 nitrogen and oxygen atoms in total. The van der Waals surface area contributed by atoms with Gasteiger partial charge in [0.15, 0.2) is 0 Å². The van der Waals surface area contributed by atoms with Gasteiger partial charge < -0.3 is 14.6 Å². The molecule has 0 fully saturated rings. The van der Waals surface area contributed by atoms with Crippen molar-refractivity contribution in [3.63, 3.8) is 0 Å². The predicted molar refractivity (Wildman–Crippen MR) is 109 cm³/mol.